The fraction of sp³-hybridized carbons (Fsp3) is 0.250. The summed E-state index contributed by atoms with van der Waals surface area (Å²) in [4.78, 5) is -1.27. The highest BCUT2D eigenvalue weighted by molar-refractivity contribution is 7.86. The summed E-state index contributed by atoms with van der Waals surface area (Å²) < 4.78 is 60.9. The van der Waals surface area contributed by atoms with Crippen LogP contribution in [0.3, 0.4) is 0 Å². The molecule has 0 aliphatic heterocycles. The molecule has 0 amide bonds. The molecule has 8 heteroatoms. The molecule has 0 bridgehead atoms. The Morgan fingerprint density at radius 2 is 1.69 bits per heavy atom. The van der Waals surface area contributed by atoms with Gasteiger partial charge in [0, 0.05) is 6.07 Å². The van der Waals surface area contributed by atoms with Crippen LogP contribution in [-0.2, 0) is 26.7 Å². The van der Waals surface area contributed by atoms with Crippen molar-refractivity contribution in [1.82, 2.24) is 0 Å². The van der Waals surface area contributed by atoms with Gasteiger partial charge in [0.05, 0.1) is 4.90 Å². The van der Waals surface area contributed by atoms with Crippen LogP contribution in [0.25, 0.3) is 0 Å². The lowest BCUT2D eigenvalue weighted by Crippen LogP contribution is -2.05. The molecule has 89 valence electrons. The summed E-state index contributed by atoms with van der Waals surface area (Å²) in [6.07, 6.45) is 0.311. The van der Waals surface area contributed by atoms with Crippen LogP contribution in [0, 0.1) is 6.07 Å². The van der Waals surface area contributed by atoms with Gasteiger partial charge < -0.3 is 0 Å². The van der Waals surface area contributed by atoms with Gasteiger partial charge in [-0.3, -0.25) is 9.11 Å². The standard InChI is InChI=1S/C8H9O6S2/c1-2-6-3-7(15(9,10)11)5-8(4-6)16(12,13)14/h3,5H,2H2,1H3,(H,9,10,11)(H,12,13,14). The quantitative estimate of drug-likeness (QED) is 0.772. The summed E-state index contributed by atoms with van der Waals surface area (Å²) in [5.74, 6) is 0. The molecule has 1 aromatic rings. The molecule has 1 aromatic carbocycles. The molecule has 0 saturated carbocycles. The number of hydrogen-bond acceptors (Lipinski definition) is 4. The third kappa shape index (κ3) is 3.01. The Hall–Kier alpha value is -0.960. The van der Waals surface area contributed by atoms with Gasteiger partial charge in [-0.25, -0.2) is 0 Å². The molecule has 0 aliphatic carbocycles. The molecule has 0 unspecified atom stereocenters. The largest absolute Gasteiger partial charge is 0.295 e. The van der Waals surface area contributed by atoms with Gasteiger partial charge in [0.2, 0.25) is 0 Å². The van der Waals surface area contributed by atoms with Crippen LogP contribution in [-0.4, -0.2) is 25.9 Å². The molecular formula is C8H9O6S2. The molecule has 1 rings (SSSR count). The number of benzene rings is 1. The van der Waals surface area contributed by atoms with E-state index in [1.807, 2.05) is 0 Å². The second kappa shape index (κ2) is 4.13. The Morgan fingerprint density at radius 1 is 1.12 bits per heavy atom. The van der Waals surface area contributed by atoms with Crippen LogP contribution < -0.4 is 0 Å². The van der Waals surface area contributed by atoms with Gasteiger partial charge >= 0.3 is 0 Å². The van der Waals surface area contributed by atoms with Gasteiger partial charge in [-0.05, 0) is 24.1 Å². The highest BCUT2D eigenvalue weighted by atomic mass is 32.2. The molecule has 1 radical (unpaired) electrons. The molecule has 2 N–H and O–H groups in total. The van der Waals surface area contributed by atoms with Crippen LogP contribution in [0.2, 0.25) is 0 Å². The predicted octanol–water partition coefficient (Wildman–Crippen LogP) is 0.543. The van der Waals surface area contributed by atoms with E-state index >= 15 is 0 Å². The van der Waals surface area contributed by atoms with Crippen LogP contribution in [0.4, 0.5) is 0 Å². The summed E-state index contributed by atoms with van der Waals surface area (Å²) in [5, 5.41) is 0. The van der Waals surface area contributed by atoms with E-state index in [0.717, 1.165) is 6.07 Å². The van der Waals surface area contributed by atoms with Crippen molar-refractivity contribution >= 4 is 20.2 Å². The predicted molar refractivity (Wildman–Crippen MR) is 54.3 cm³/mol. The Bertz CT molecular complexity index is 549. The van der Waals surface area contributed by atoms with Crippen LogP contribution in [0.5, 0.6) is 0 Å². The molecule has 0 fully saturated rings. The van der Waals surface area contributed by atoms with Gasteiger partial charge in [0.15, 0.2) is 0 Å². The van der Waals surface area contributed by atoms with Crippen molar-refractivity contribution in [1.29, 1.82) is 0 Å². The van der Waals surface area contributed by atoms with Gasteiger partial charge in [-0.1, -0.05) is 6.92 Å². The van der Waals surface area contributed by atoms with E-state index < -0.39 is 30.0 Å². The number of aryl methyl sites for hydroxylation is 1. The summed E-state index contributed by atoms with van der Waals surface area (Å²) in [7, 11) is -9.06. The van der Waals surface area contributed by atoms with Gasteiger partial charge in [-0.2, -0.15) is 16.8 Å². The van der Waals surface area contributed by atoms with Crippen molar-refractivity contribution in [2.45, 2.75) is 23.1 Å². The molecule has 6 nitrogen and oxygen atoms in total. The van der Waals surface area contributed by atoms with E-state index in [1.54, 1.807) is 6.92 Å². The lowest BCUT2D eigenvalue weighted by atomic mass is 10.2. The molecule has 0 atom stereocenters. The fourth-order valence-corrected chi connectivity index (χ4v) is 2.22. The maximum atomic E-state index is 10.8. The first-order valence-corrected chi connectivity index (χ1v) is 7.04. The summed E-state index contributed by atoms with van der Waals surface area (Å²) in [6.45, 7) is 1.65. The maximum absolute atomic E-state index is 10.8. The second-order valence-electron chi connectivity index (χ2n) is 3.01. The maximum Gasteiger partial charge on any atom is 0.295 e. The zero-order valence-electron chi connectivity index (χ0n) is 8.21. The van der Waals surface area contributed by atoms with E-state index in [0.29, 0.717) is 12.5 Å². The Labute approximate surface area is 93.4 Å². The van der Waals surface area contributed by atoms with E-state index in [1.165, 1.54) is 0 Å². The van der Waals surface area contributed by atoms with Crippen LogP contribution in [0.1, 0.15) is 12.5 Å². The van der Waals surface area contributed by atoms with Crippen molar-refractivity contribution in [3.05, 3.63) is 23.8 Å². The monoisotopic (exact) mass is 265 g/mol. The first-order valence-electron chi connectivity index (χ1n) is 4.16. The molecular weight excluding hydrogens is 256 g/mol. The first kappa shape index (κ1) is 13.1. The number of hydrogen-bond donors (Lipinski definition) is 2. The van der Waals surface area contributed by atoms with Gasteiger partial charge in [0.25, 0.3) is 20.2 Å². The second-order valence-corrected chi connectivity index (χ2v) is 5.82. The van der Waals surface area contributed by atoms with Crippen molar-refractivity contribution < 1.29 is 25.9 Å². The smallest absolute Gasteiger partial charge is 0.282 e. The van der Waals surface area contributed by atoms with E-state index in [2.05, 4.69) is 6.07 Å². The highest BCUT2D eigenvalue weighted by Crippen LogP contribution is 2.18. The first-order chi connectivity index (χ1) is 7.14. The van der Waals surface area contributed by atoms with E-state index in [4.69, 9.17) is 9.11 Å². The number of rotatable bonds is 3. The Morgan fingerprint density at radius 3 is 2.06 bits per heavy atom. The average molecular weight is 265 g/mol. The average Bonchev–Trinajstić information content (AvgIpc) is 2.14. The minimum atomic E-state index is -4.55. The zero-order chi connectivity index (χ0) is 12.6. The van der Waals surface area contributed by atoms with Crippen molar-refractivity contribution in [3.63, 3.8) is 0 Å². The SMILES string of the molecule is CCc1[c]c(S(=O)(=O)O)cc(S(=O)(=O)O)c1. The molecule has 0 saturated heterocycles. The fourth-order valence-electron chi connectivity index (χ4n) is 1.05. The molecule has 0 aromatic heterocycles. The summed E-state index contributed by atoms with van der Waals surface area (Å²) >= 11 is 0. The minimum Gasteiger partial charge on any atom is -0.282 e. The third-order valence-electron chi connectivity index (χ3n) is 1.83. The van der Waals surface area contributed by atoms with Gasteiger partial charge in [0.1, 0.15) is 4.90 Å². The third-order valence-corrected chi connectivity index (χ3v) is 3.44. The Balaban J connectivity index is 3.58. The van der Waals surface area contributed by atoms with E-state index in [-0.39, 0.29) is 5.56 Å². The minimum absolute atomic E-state index is 0.253. The van der Waals surface area contributed by atoms with E-state index in [9.17, 15) is 16.8 Å². The topological polar surface area (TPSA) is 109 Å². The van der Waals surface area contributed by atoms with Gasteiger partial charge in [-0.15, -0.1) is 0 Å². The van der Waals surface area contributed by atoms with Crippen LogP contribution >= 0.6 is 0 Å². The van der Waals surface area contributed by atoms with Crippen molar-refractivity contribution in [2.24, 2.45) is 0 Å². The lowest BCUT2D eigenvalue weighted by Gasteiger charge is -2.03. The summed E-state index contributed by atoms with van der Waals surface area (Å²) in [5.41, 5.74) is 0.253. The lowest BCUT2D eigenvalue weighted by molar-refractivity contribution is 0.480. The van der Waals surface area contributed by atoms with Crippen LogP contribution in [0.15, 0.2) is 21.9 Å². The zero-order valence-corrected chi connectivity index (χ0v) is 9.84. The highest BCUT2D eigenvalue weighted by Gasteiger charge is 2.17. The molecule has 0 aliphatic rings. The Kier molecular flexibility index (Phi) is 3.38. The van der Waals surface area contributed by atoms with Crippen molar-refractivity contribution in [2.75, 3.05) is 0 Å². The van der Waals surface area contributed by atoms with Crippen molar-refractivity contribution in [3.8, 4) is 0 Å². The molecule has 16 heavy (non-hydrogen) atoms. The summed E-state index contributed by atoms with van der Waals surface area (Å²) in [6, 6.07) is 4.06. The molecule has 0 heterocycles. The molecule has 0 spiro atoms. The normalized spacial score (nSPS) is 12.7.